The fourth-order valence-corrected chi connectivity index (χ4v) is 2.25. The third-order valence-electron chi connectivity index (χ3n) is 2.51. The lowest BCUT2D eigenvalue weighted by molar-refractivity contribution is -0.140. The van der Waals surface area contributed by atoms with Crippen molar-refractivity contribution in [3.05, 3.63) is 27.7 Å². The molecule has 0 amide bonds. The standard InChI is InChI=1S/C11H11BrF3NO3/c1-19-9-6(7(4-16)10(17)18)2-5(3-8(9)12)11(13,14)15/h2-3,7H,4,16H2,1H3,(H,17,18). The van der Waals surface area contributed by atoms with E-state index in [9.17, 15) is 18.0 Å². The highest BCUT2D eigenvalue weighted by atomic mass is 79.9. The fourth-order valence-electron chi connectivity index (χ4n) is 1.61. The van der Waals surface area contributed by atoms with E-state index < -0.39 is 23.6 Å². The first-order chi connectivity index (χ1) is 8.72. The van der Waals surface area contributed by atoms with Gasteiger partial charge in [0.1, 0.15) is 5.75 Å². The summed E-state index contributed by atoms with van der Waals surface area (Å²) in [5.74, 6) is -2.55. The van der Waals surface area contributed by atoms with E-state index in [1.54, 1.807) is 0 Å². The topological polar surface area (TPSA) is 72.5 Å². The van der Waals surface area contributed by atoms with Gasteiger partial charge in [-0.3, -0.25) is 4.79 Å². The van der Waals surface area contributed by atoms with E-state index in [-0.39, 0.29) is 22.3 Å². The third kappa shape index (κ3) is 3.38. The molecule has 8 heteroatoms. The van der Waals surface area contributed by atoms with Crippen molar-refractivity contribution in [2.45, 2.75) is 12.1 Å². The first-order valence-corrected chi connectivity index (χ1v) is 5.89. The Bertz CT molecular complexity index is 491. The van der Waals surface area contributed by atoms with Gasteiger partial charge in [0.2, 0.25) is 0 Å². The number of ether oxygens (including phenoxy) is 1. The molecule has 4 nitrogen and oxygen atoms in total. The highest BCUT2D eigenvalue weighted by molar-refractivity contribution is 9.10. The fraction of sp³-hybridized carbons (Fsp3) is 0.364. The van der Waals surface area contributed by atoms with Gasteiger partial charge in [0.25, 0.3) is 0 Å². The van der Waals surface area contributed by atoms with E-state index in [0.29, 0.717) is 0 Å². The van der Waals surface area contributed by atoms with Crippen molar-refractivity contribution in [1.82, 2.24) is 0 Å². The van der Waals surface area contributed by atoms with Crippen molar-refractivity contribution in [3.63, 3.8) is 0 Å². The van der Waals surface area contributed by atoms with Gasteiger partial charge in [0.15, 0.2) is 0 Å². The number of benzene rings is 1. The maximum absolute atomic E-state index is 12.7. The van der Waals surface area contributed by atoms with Crippen LogP contribution >= 0.6 is 15.9 Å². The number of aliphatic carboxylic acids is 1. The van der Waals surface area contributed by atoms with Crippen LogP contribution in [-0.2, 0) is 11.0 Å². The zero-order chi connectivity index (χ0) is 14.8. The molecule has 0 saturated heterocycles. The van der Waals surface area contributed by atoms with Gasteiger partial charge < -0.3 is 15.6 Å². The Morgan fingerprint density at radius 3 is 2.47 bits per heavy atom. The smallest absolute Gasteiger partial charge is 0.416 e. The van der Waals surface area contributed by atoms with Crippen LogP contribution in [0.3, 0.4) is 0 Å². The van der Waals surface area contributed by atoms with Gasteiger partial charge in [-0.05, 0) is 28.1 Å². The maximum atomic E-state index is 12.7. The van der Waals surface area contributed by atoms with Crippen molar-refractivity contribution in [3.8, 4) is 5.75 Å². The molecule has 0 aliphatic heterocycles. The highest BCUT2D eigenvalue weighted by Gasteiger charge is 2.34. The molecule has 0 saturated carbocycles. The molecule has 1 aromatic carbocycles. The molecule has 19 heavy (non-hydrogen) atoms. The number of methoxy groups -OCH3 is 1. The molecule has 0 fully saturated rings. The Labute approximate surface area is 115 Å². The summed E-state index contributed by atoms with van der Waals surface area (Å²) in [6, 6.07) is 1.58. The first kappa shape index (κ1) is 15.8. The summed E-state index contributed by atoms with van der Waals surface area (Å²) in [4.78, 5) is 11.0. The number of carbonyl (C=O) groups is 1. The van der Waals surface area contributed by atoms with Crippen molar-refractivity contribution in [2.75, 3.05) is 13.7 Å². The van der Waals surface area contributed by atoms with Gasteiger partial charge in [-0.25, -0.2) is 0 Å². The molecule has 3 N–H and O–H groups in total. The van der Waals surface area contributed by atoms with Gasteiger partial charge in [0, 0.05) is 12.1 Å². The van der Waals surface area contributed by atoms with E-state index in [1.807, 2.05) is 0 Å². The summed E-state index contributed by atoms with van der Waals surface area (Å²) in [5.41, 5.74) is 4.23. The van der Waals surface area contributed by atoms with Gasteiger partial charge in [-0.1, -0.05) is 0 Å². The highest BCUT2D eigenvalue weighted by Crippen LogP contribution is 2.40. The van der Waals surface area contributed by atoms with Crippen LogP contribution in [0.1, 0.15) is 17.0 Å². The molecule has 1 aromatic rings. The Morgan fingerprint density at radius 1 is 1.53 bits per heavy atom. The van der Waals surface area contributed by atoms with Crippen molar-refractivity contribution < 1.29 is 27.8 Å². The quantitative estimate of drug-likeness (QED) is 0.882. The Kier molecular flexibility index (Phi) is 4.81. The third-order valence-corrected chi connectivity index (χ3v) is 3.10. The summed E-state index contributed by atoms with van der Waals surface area (Å²) >= 11 is 2.94. The molecule has 1 atom stereocenters. The Balaban J connectivity index is 3.50. The number of hydrogen-bond acceptors (Lipinski definition) is 3. The average Bonchev–Trinajstić information content (AvgIpc) is 2.27. The summed E-state index contributed by atoms with van der Waals surface area (Å²) in [6.45, 7) is -0.334. The second-order valence-electron chi connectivity index (χ2n) is 3.70. The van der Waals surface area contributed by atoms with Gasteiger partial charge in [0.05, 0.1) is 23.1 Å². The number of halogens is 4. The number of rotatable bonds is 4. The van der Waals surface area contributed by atoms with E-state index in [0.717, 1.165) is 12.1 Å². The molecule has 1 rings (SSSR count). The van der Waals surface area contributed by atoms with Gasteiger partial charge in [-0.2, -0.15) is 13.2 Å². The second kappa shape index (κ2) is 5.79. The number of carboxylic acids is 1. The molecule has 0 aromatic heterocycles. The van der Waals surface area contributed by atoms with Crippen LogP contribution in [0.2, 0.25) is 0 Å². The molecule has 0 radical (unpaired) electrons. The number of carboxylic acid groups (broad SMARTS) is 1. The van der Waals surface area contributed by atoms with E-state index in [2.05, 4.69) is 15.9 Å². The second-order valence-corrected chi connectivity index (χ2v) is 4.56. The van der Waals surface area contributed by atoms with Crippen LogP contribution in [0, 0.1) is 0 Å². The Morgan fingerprint density at radius 2 is 2.11 bits per heavy atom. The lowest BCUT2D eigenvalue weighted by Gasteiger charge is -2.18. The van der Waals surface area contributed by atoms with E-state index in [4.69, 9.17) is 15.6 Å². The van der Waals surface area contributed by atoms with Crippen LogP contribution in [0.4, 0.5) is 13.2 Å². The first-order valence-electron chi connectivity index (χ1n) is 5.09. The van der Waals surface area contributed by atoms with Crippen LogP contribution in [-0.4, -0.2) is 24.7 Å². The van der Waals surface area contributed by atoms with E-state index >= 15 is 0 Å². The number of hydrogen-bond donors (Lipinski definition) is 2. The Hall–Kier alpha value is -1.28. The van der Waals surface area contributed by atoms with Crippen LogP contribution in [0.25, 0.3) is 0 Å². The molecule has 0 spiro atoms. The summed E-state index contributed by atoms with van der Waals surface area (Å²) in [7, 11) is 1.24. The normalized spacial score (nSPS) is 13.2. The molecule has 1 unspecified atom stereocenters. The molecule has 0 bridgehead atoms. The minimum Gasteiger partial charge on any atom is -0.495 e. The van der Waals surface area contributed by atoms with Crippen LogP contribution in [0.15, 0.2) is 16.6 Å². The zero-order valence-electron chi connectivity index (χ0n) is 9.79. The minimum absolute atomic E-state index is 0.0273. The zero-order valence-corrected chi connectivity index (χ0v) is 11.4. The molecule has 106 valence electrons. The number of alkyl halides is 3. The average molecular weight is 342 g/mol. The van der Waals surface area contributed by atoms with Gasteiger partial charge in [-0.15, -0.1) is 0 Å². The molecular formula is C11H11BrF3NO3. The largest absolute Gasteiger partial charge is 0.495 e. The summed E-state index contributed by atoms with van der Waals surface area (Å²) in [6.07, 6.45) is -4.58. The lowest BCUT2D eigenvalue weighted by atomic mass is 9.96. The predicted molar refractivity (Wildman–Crippen MR) is 65.1 cm³/mol. The molecular weight excluding hydrogens is 331 g/mol. The summed E-state index contributed by atoms with van der Waals surface area (Å²) in [5, 5.41) is 9.00. The summed E-state index contributed by atoms with van der Waals surface area (Å²) < 4.78 is 43.1. The minimum atomic E-state index is -4.58. The molecule has 0 heterocycles. The molecule has 0 aliphatic rings. The maximum Gasteiger partial charge on any atom is 0.416 e. The lowest BCUT2D eigenvalue weighted by Crippen LogP contribution is -2.22. The van der Waals surface area contributed by atoms with Crippen molar-refractivity contribution >= 4 is 21.9 Å². The van der Waals surface area contributed by atoms with Crippen LogP contribution in [0.5, 0.6) is 5.75 Å². The number of nitrogens with two attached hydrogens (primary N) is 1. The monoisotopic (exact) mass is 341 g/mol. The van der Waals surface area contributed by atoms with Gasteiger partial charge >= 0.3 is 12.1 Å². The van der Waals surface area contributed by atoms with E-state index in [1.165, 1.54) is 7.11 Å². The predicted octanol–water partition coefficient (Wildman–Crippen LogP) is 2.60. The molecule has 0 aliphatic carbocycles. The van der Waals surface area contributed by atoms with Crippen molar-refractivity contribution in [2.24, 2.45) is 5.73 Å². The van der Waals surface area contributed by atoms with Crippen LogP contribution < -0.4 is 10.5 Å². The van der Waals surface area contributed by atoms with Crippen molar-refractivity contribution in [1.29, 1.82) is 0 Å². The SMILES string of the molecule is COc1c(Br)cc(C(F)(F)F)cc1C(CN)C(=O)O.